The van der Waals surface area contributed by atoms with Gasteiger partial charge in [-0.3, -0.25) is 0 Å². The average molecular weight is 176 g/mol. The SMILES string of the molecule is CNCc1ccccc1C=CCN. The van der Waals surface area contributed by atoms with E-state index < -0.39 is 0 Å². The van der Waals surface area contributed by atoms with Crippen molar-refractivity contribution in [2.75, 3.05) is 13.6 Å². The number of rotatable bonds is 4. The minimum atomic E-state index is 0.591. The Labute approximate surface area is 79.5 Å². The zero-order chi connectivity index (χ0) is 9.52. The lowest BCUT2D eigenvalue weighted by atomic mass is 10.1. The molecule has 2 heteroatoms. The van der Waals surface area contributed by atoms with Crippen LogP contribution >= 0.6 is 0 Å². The van der Waals surface area contributed by atoms with E-state index in [0.29, 0.717) is 6.54 Å². The molecule has 3 N–H and O–H groups in total. The van der Waals surface area contributed by atoms with Crippen molar-refractivity contribution in [2.24, 2.45) is 5.73 Å². The van der Waals surface area contributed by atoms with Crippen LogP contribution in [0.3, 0.4) is 0 Å². The monoisotopic (exact) mass is 176 g/mol. The maximum atomic E-state index is 5.40. The largest absolute Gasteiger partial charge is 0.327 e. The van der Waals surface area contributed by atoms with E-state index in [1.165, 1.54) is 11.1 Å². The lowest BCUT2D eigenvalue weighted by molar-refractivity contribution is 0.816. The van der Waals surface area contributed by atoms with Gasteiger partial charge in [0.15, 0.2) is 0 Å². The quantitative estimate of drug-likeness (QED) is 0.727. The van der Waals surface area contributed by atoms with Crippen molar-refractivity contribution >= 4 is 6.08 Å². The molecule has 2 nitrogen and oxygen atoms in total. The highest BCUT2D eigenvalue weighted by Gasteiger charge is 1.95. The van der Waals surface area contributed by atoms with Gasteiger partial charge in [-0.2, -0.15) is 0 Å². The summed E-state index contributed by atoms with van der Waals surface area (Å²) in [5, 5.41) is 3.14. The molecule has 70 valence electrons. The molecule has 1 aromatic rings. The molecular weight excluding hydrogens is 160 g/mol. The number of nitrogens with two attached hydrogens (primary N) is 1. The van der Waals surface area contributed by atoms with Crippen LogP contribution in [-0.4, -0.2) is 13.6 Å². The lowest BCUT2D eigenvalue weighted by Crippen LogP contribution is -2.06. The third-order valence-corrected chi connectivity index (χ3v) is 1.86. The Balaban J connectivity index is 2.84. The molecule has 0 bridgehead atoms. The molecule has 0 fully saturated rings. The first-order chi connectivity index (χ1) is 6.38. The Kier molecular flexibility index (Phi) is 4.23. The van der Waals surface area contributed by atoms with Crippen molar-refractivity contribution in [1.29, 1.82) is 0 Å². The zero-order valence-electron chi connectivity index (χ0n) is 7.96. The van der Waals surface area contributed by atoms with Crippen LogP contribution in [0.1, 0.15) is 11.1 Å². The van der Waals surface area contributed by atoms with Crippen molar-refractivity contribution in [3.63, 3.8) is 0 Å². The van der Waals surface area contributed by atoms with Gasteiger partial charge in [-0.15, -0.1) is 0 Å². The minimum Gasteiger partial charge on any atom is -0.327 e. The van der Waals surface area contributed by atoms with Crippen molar-refractivity contribution in [3.05, 3.63) is 41.5 Å². The van der Waals surface area contributed by atoms with Crippen LogP contribution in [0.15, 0.2) is 30.3 Å². The highest BCUT2D eigenvalue weighted by Crippen LogP contribution is 2.09. The fourth-order valence-electron chi connectivity index (χ4n) is 1.24. The predicted molar refractivity (Wildman–Crippen MR) is 57.3 cm³/mol. The van der Waals surface area contributed by atoms with E-state index in [2.05, 4.69) is 23.5 Å². The molecule has 0 atom stereocenters. The summed E-state index contributed by atoms with van der Waals surface area (Å²) in [5.41, 5.74) is 7.94. The van der Waals surface area contributed by atoms with Crippen LogP contribution in [0.4, 0.5) is 0 Å². The first-order valence-corrected chi connectivity index (χ1v) is 4.47. The molecule has 1 aromatic carbocycles. The Bertz CT molecular complexity index is 279. The summed E-state index contributed by atoms with van der Waals surface area (Å²) in [5.74, 6) is 0. The normalized spacial score (nSPS) is 10.9. The third kappa shape index (κ3) is 3.01. The van der Waals surface area contributed by atoms with Gasteiger partial charge in [-0.1, -0.05) is 36.4 Å². The molecule has 0 heterocycles. The molecule has 0 unspecified atom stereocenters. The lowest BCUT2D eigenvalue weighted by Gasteiger charge is -2.04. The summed E-state index contributed by atoms with van der Waals surface area (Å²) in [6.45, 7) is 1.49. The first kappa shape index (κ1) is 9.96. The van der Waals surface area contributed by atoms with Gasteiger partial charge in [0, 0.05) is 13.1 Å². The third-order valence-electron chi connectivity index (χ3n) is 1.86. The van der Waals surface area contributed by atoms with Gasteiger partial charge in [0.25, 0.3) is 0 Å². The second kappa shape index (κ2) is 5.51. The van der Waals surface area contributed by atoms with Gasteiger partial charge >= 0.3 is 0 Å². The van der Waals surface area contributed by atoms with E-state index in [4.69, 9.17) is 5.73 Å². The van der Waals surface area contributed by atoms with Crippen molar-refractivity contribution in [2.45, 2.75) is 6.54 Å². The van der Waals surface area contributed by atoms with Crippen LogP contribution in [0.2, 0.25) is 0 Å². The summed E-state index contributed by atoms with van der Waals surface area (Å²) < 4.78 is 0. The van der Waals surface area contributed by atoms with Crippen molar-refractivity contribution in [1.82, 2.24) is 5.32 Å². The van der Waals surface area contributed by atoms with Crippen LogP contribution in [-0.2, 0) is 6.54 Å². The summed E-state index contributed by atoms with van der Waals surface area (Å²) in [4.78, 5) is 0. The molecular formula is C11H16N2. The van der Waals surface area contributed by atoms with Crippen LogP contribution in [0.25, 0.3) is 6.08 Å². The van der Waals surface area contributed by atoms with Crippen molar-refractivity contribution in [3.8, 4) is 0 Å². The van der Waals surface area contributed by atoms with E-state index in [1.54, 1.807) is 0 Å². The van der Waals surface area contributed by atoms with Gasteiger partial charge in [0.1, 0.15) is 0 Å². The maximum absolute atomic E-state index is 5.40. The minimum absolute atomic E-state index is 0.591. The van der Waals surface area contributed by atoms with Gasteiger partial charge in [0.2, 0.25) is 0 Å². The Morgan fingerprint density at radius 3 is 2.85 bits per heavy atom. The van der Waals surface area contributed by atoms with E-state index in [9.17, 15) is 0 Å². The highest BCUT2D eigenvalue weighted by atomic mass is 14.8. The van der Waals surface area contributed by atoms with E-state index in [-0.39, 0.29) is 0 Å². The molecule has 13 heavy (non-hydrogen) atoms. The molecule has 0 spiro atoms. The summed E-state index contributed by atoms with van der Waals surface area (Å²) in [6.07, 6.45) is 4.03. The maximum Gasteiger partial charge on any atom is 0.0208 e. The predicted octanol–water partition coefficient (Wildman–Crippen LogP) is 1.38. The number of benzene rings is 1. The van der Waals surface area contributed by atoms with Crippen LogP contribution in [0, 0.1) is 0 Å². The van der Waals surface area contributed by atoms with Gasteiger partial charge < -0.3 is 11.1 Å². The second-order valence-electron chi connectivity index (χ2n) is 2.87. The molecule has 0 amide bonds. The van der Waals surface area contributed by atoms with E-state index in [1.807, 2.05) is 25.3 Å². The second-order valence-corrected chi connectivity index (χ2v) is 2.87. The molecule has 1 rings (SSSR count). The first-order valence-electron chi connectivity index (χ1n) is 4.47. The molecule has 0 saturated heterocycles. The van der Waals surface area contributed by atoms with E-state index in [0.717, 1.165) is 6.54 Å². The van der Waals surface area contributed by atoms with Gasteiger partial charge in [-0.25, -0.2) is 0 Å². The molecule has 0 radical (unpaired) electrons. The molecule has 0 aromatic heterocycles. The summed E-state index contributed by atoms with van der Waals surface area (Å²) in [7, 11) is 1.95. The van der Waals surface area contributed by atoms with Crippen LogP contribution in [0.5, 0.6) is 0 Å². The van der Waals surface area contributed by atoms with Crippen LogP contribution < -0.4 is 11.1 Å². The molecule has 0 aliphatic rings. The highest BCUT2D eigenvalue weighted by molar-refractivity contribution is 5.53. The summed E-state index contributed by atoms with van der Waals surface area (Å²) in [6, 6.07) is 8.30. The van der Waals surface area contributed by atoms with Crippen molar-refractivity contribution < 1.29 is 0 Å². The molecule has 0 aliphatic carbocycles. The smallest absolute Gasteiger partial charge is 0.0208 e. The number of hydrogen-bond acceptors (Lipinski definition) is 2. The number of hydrogen-bond donors (Lipinski definition) is 2. The average Bonchev–Trinajstić information content (AvgIpc) is 2.17. The molecule has 0 aliphatic heterocycles. The Hall–Kier alpha value is -1.12. The topological polar surface area (TPSA) is 38.0 Å². The fourth-order valence-corrected chi connectivity index (χ4v) is 1.24. The standard InChI is InChI=1S/C11H16N2/c1-13-9-11-6-3-2-5-10(11)7-4-8-12/h2-7,13H,8-9,12H2,1H3. The van der Waals surface area contributed by atoms with Gasteiger partial charge in [0.05, 0.1) is 0 Å². The molecule has 0 saturated carbocycles. The van der Waals surface area contributed by atoms with Gasteiger partial charge in [-0.05, 0) is 18.2 Å². The Morgan fingerprint density at radius 2 is 2.15 bits per heavy atom. The fraction of sp³-hybridized carbons (Fsp3) is 0.273. The number of nitrogens with one attached hydrogen (secondary N) is 1. The Morgan fingerprint density at radius 1 is 1.38 bits per heavy atom. The summed E-state index contributed by atoms with van der Waals surface area (Å²) >= 11 is 0. The van der Waals surface area contributed by atoms with E-state index >= 15 is 0 Å². The zero-order valence-corrected chi connectivity index (χ0v) is 7.96.